The molecule has 2 amide bonds. The molecule has 1 aromatic heterocycles. The van der Waals surface area contributed by atoms with Crippen molar-refractivity contribution in [3.8, 4) is 11.5 Å². The summed E-state index contributed by atoms with van der Waals surface area (Å²) in [5.41, 5.74) is 1.90. The number of ether oxygens (including phenoxy) is 2. The third kappa shape index (κ3) is 6.42. The van der Waals surface area contributed by atoms with Gasteiger partial charge in [0.15, 0.2) is 0 Å². The normalized spacial score (nSPS) is 15.5. The zero-order valence-corrected chi connectivity index (χ0v) is 22.3. The van der Waals surface area contributed by atoms with Crippen molar-refractivity contribution in [3.63, 3.8) is 0 Å². The molecule has 1 aliphatic heterocycles. The number of piperazine rings is 1. The Kier molecular flexibility index (Phi) is 9.03. The average molecular weight is 523 g/mol. The molecular formula is C28H34N4O4S. The lowest BCUT2D eigenvalue weighted by Crippen LogP contribution is -2.53. The van der Waals surface area contributed by atoms with E-state index in [2.05, 4.69) is 32.6 Å². The summed E-state index contributed by atoms with van der Waals surface area (Å²) < 4.78 is 10.9. The lowest BCUT2D eigenvalue weighted by Gasteiger charge is -2.42. The number of methoxy groups -OCH3 is 2. The third-order valence-electron chi connectivity index (χ3n) is 6.64. The first-order valence-corrected chi connectivity index (χ1v) is 13.3. The predicted molar refractivity (Wildman–Crippen MR) is 146 cm³/mol. The fraction of sp³-hybridized carbons (Fsp3) is 0.357. The molecule has 0 radical (unpaired) electrons. The lowest BCUT2D eigenvalue weighted by atomic mass is 10.0. The molecule has 2 atom stereocenters. The van der Waals surface area contributed by atoms with Crippen LogP contribution in [0.2, 0.25) is 0 Å². The molecule has 4 rings (SSSR count). The van der Waals surface area contributed by atoms with E-state index in [0.717, 1.165) is 48.1 Å². The van der Waals surface area contributed by atoms with Gasteiger partial charge in [0.05, 0.1) is 25.9 Å². The summed E-state index contributed by atoms with van der Waals surface area (Å²) in [6.45, 7) is 5.48. The topological polar surface area (TPSA) is 83.1 Å². The van der Waals surface area contributed by atoms with Gasteiger partial charge in [-0.15, -0.1) is 11.3 Å². The number of carbonyl (C=O) groups excluding carboxylic acids is 2. The smallest absolute Gasteiger partial charge is 0.309 e. The van der Waals surface area contributed by atoms with Crippen LogP contribution in [0.25, 0.3) is 0 Å². The van der Waals surface area contributed by atoms with Gasteiger partial charge in [0.25, 0.3) is 0 Å². The number of nitrogens with one attached hydrogen (secondary N) is 2. The van der Waals surface area contributed by atoms with Gasteiger partial charge in [-0.3, -0.25) is 14.5 Å². The maximum Gasteiger partial charge on any atom is 0.309 e. The number of thiophene rings is 1. The number of benzene rings is 2. The second-order valence-corrected chi connectivity index (χ2v) is 9.89. The molecule has 1 saturated heterocycles. The van der Waals surface area contributed by atoms with Crippen LogP contribution < -0.4 is 25.0 Å². The molecule has 0 unspecified atom stereocenters. The fourth-order valence-corrected chi connectivity index (χ4v) is 5.75. The number of carbonyl (C=O) groups is 2. The molecule has 37 heavy (non-hydrogen) atoms. The molecule has 0 aliphatic carbocycles. The molecule has 9 heteroatoms. The predicted octanol–water partition coefficient (Wildman–Crippen LogP) is 3.45. The highest BCUT2D eigenvalue weighted by Gasteiger charge is 2.32. The van der Waals surface area contributed by atoms with Crippen LogP contribution in [0, 0.1) is 0 Å². The number of amides is 2. The standard InChI is InChI=1S/C28H34N4O4S/c1-20(30-28(34)27(33)29-19-21-9-4-6-11-23(21)35-2)26(25-13-8-18-37-25)32-16-14-31(15-17-32)22-10-5-7-12-24(22)36-3/h4-13,18,20,26H,14-17,19H2,1-3H3,(H,29,33)(H,30,34)/t20-,26-/m0/s1. The van der Waals surface area contributed by atoms with Gasteiger partial charge in [-0.05, 0) is 36.6 Å². The molecule has 196 valence electrons. The second-order valence-electron chi connectivity index (χ2n) is 8.91. The van der Waals surface area contributed by atoms with Crippen molar-refractivity contribution in [3.05, 3.63) is 76.5 Å². The molecule has 1 aliphatic rings. The minimum Gasteiger partial charge on any atom is -0.496 e. The van der Waals surface area contributed by atoms with E-state index in [-0.39, 0.29) is 18.6 Å². The Morgan fingerprint density at radius 3 is 2.24 bits per heavy atom. The van der Waals surface area contributed by atoms with Crippen molar-refractivity contribution < 1.29 is 19.1 Å². The Balaban J connectivity index is 1.38. The van der Waals surface area contributed by atoms with E-state index < -0.39 is 11.8 Å². The van der Waals surface area contributed by atoms with Gasteiger partial charge in [0, 0.05) is 49.2 Å². The first kappa shape index (κ1) is 26.5. The Morgan fingerprint density at radius 2 is 1.57 bits per heavy atom. The minimum atomic E-state index is -0.663. The second kappa shape index (κ2) is 12.6. The Labute approximate surface area is 222 Å². The largest absolute Gasteiger partial charge is 0.496 e. The van der Waals surface area contributed by atoms with E-state index in [1.54, 1.807) is 25.6 Å². The maximum absolute atomic E-state index is 12.8. The lowest BCUT2D eigenvalue weighted by molar-refractivity contribution is -0.140. The minimum absolute atomic E-state index is 0.0363. The quantitative estimate of drug-likeness (QED) is 0.419. The molecule has 0 bridgehead atoms. The van der Waals surface area contributed by atoms with Gasteiger partial charge in [0.1, 0.15) is 11.5 Å². The van der Waals surface area contributed by atoms with Crippen molar-refractivity contribution in [1.29, 1.82) is 0 Å². The van der Waals surface area contributed by atoms with Gasteiger partial charge in [-0.1, -0.05) is 36.4 Å². The van der Waals surface area contributed by atoms with E-state index in [4.69, 9.17) is 9.47 Å². The van der Waals surface area contributed by atoms with Gasteiger partial charge >= 0.3 is 11.8 Å². The fourth-order valence-electron chi connectivity index (χ4n) is 4.79. The molecule has 0 saturated carbocycles. The first-order chi connectivity index (χ1) is 18.0. The highest BCUT2D eigenvalue weighted by Crippen LogP contribution is 2.32. The molecular weight excluding hydrogens is 488 g/mol. The van der Waals surface area contributed by atoms with E-state index in [1.165, 1.54) is 0 Å². The summed E-state index contributed by atoms with van der Waals surface area (Å²) in [5.74, 6) is 0.229. The number of rotatable bonds is 9. The van der Waals surface area contributed by atoms with E-state index in [1.807, 2.05) is 60.8 Å². The zero-order valence-electron chi connectivity index (χ0n) is 21.5. The van der Waals surface area contributed by atoms with Crippen LogP contribution in [0.1, 0.15) is 23.4 Å². The van der Waals surface area contributed by atoms with Crippen molar-refractivity contribution in [2.75, 3.05) is 45.3 Å². The summed E-state index contributed by atoms with van der Waals surface area (Å²) in [4.78, 5) is 31.3. The first-order valence-electron chi connectivity index (χ1n) is 12.4. The Bertz CT molecular complexity index is 1180. The molecule has 3 aromatic rings. The summed E-state index contributed by atoms with van der Waals surface area (Å²) in [7, 11) is 3.27. The molecule has 2 aromatic carbocycles. The van der Waals surface area contributed by atoms with Crippen molar-refractivity contribution >= 4 is 28.8 Å². The van der Waals surface area contributed by atoms with E-state index in [9.17, 15) is 9.59 Å². The number of nitrogens with zero attached hydrogens (tertiary/aromatic N) is 2. The summed E-state index contributed by atoms with van der Waals surface area (Å²) in [6.07, 6.45) is 0. The van der Waals surface area contributed by atoms with Crippen LogP contribution in [-0.4, -0.2) is 63.2 Å². The maximum atomic E-state index is 12.8. The summed E-state index contributed by atoms with van der Waals surface area (Å²) >= 11 is 1.66. The van der Waals surface area contributed by atoms with E-state index >= 15 is 0 Å². The van der Waals surface area contributed by atoms with Crippen molar-refractivity contribution in [1.82, 2.24) is 15.5 Å². The highest BCUT2D eigenvalue weighted by molar-refractivity contribution is 7.10. The summed E-state index contributed by atoms with van der Waals surface area (Å²) in [5, 5.41) is 7.69. The van der Waals surface area contributed by atoms with Crippen molar-refractivity contribution in [2.24, 2.45) is 0 Å². The number of hydrogen-bond acceptors (Lipinski definition) is 7. The molecule has 1 fully saturated rings. The molecule has 8 nitrogen and oxygen atoms in total. The van der Waals surface area contributed by atoms with Crippen LogP contribution in [-0.2, 0) is 16.1 Å². The van der Waals surface area contributed by atoms with E-state index in [0.29, 0.717) is 5.75 Å². The van der Waals surface area contributed by atoms with Gasteiger partial charge < -0.3 is 25.0 Å². The number of hydrogen-bond donors (Lipinski definition) is 2. The Morgan fingerprint density at radius 1 is 0.892 bits per heavy atom. The highest BCUT2D eigenvalue weighted by atomic mass is 32.1. The van der Waals surface area contributed by atoms with Gasteiger partial charge in [0.2, 0.25) is 0 Å². The number of para-hydroxylation sites is 3. The zero-order chi connectivity index (χ0) is 26.2. The molecule has 2 heterocycles. The molecule has 2 N–H and O–H groups in total. The number of anilines is 1. The third-order valence-corrected chi connectivity index (χ3v) is 7.58. The van der Waals surface area contributed by atoms with Crippen LogP contribution in [0.15, 0.2) is 66.0 Å². The van der Waals surface area contributed by atoms with Crippen LogP contribution >= 0.6 is 11.3 Å². The average Bonchev–Trinajstić information content (AvgIpc) is 3.46. The van der Waals surface area contributed by atoms with Crippen LogP contribution in [0.3, 0.4) is 0 Å². The van der Waals surface area contributed by atoms with Crippen LogP contribution in [0.4, 0.5) is 5.69 Å². The van der Waals surface area contributed by atoms with Gasteiger partial charge in [-0.2, -0.15) is 0 Å². The van der Waals surface area contributed by atoms with Crippen molar-refractivity contribution in [2.45, 2.75) is 25.6 Å². The Hall–Kier alpha value is -3.56. The summed E-state index contributed by atoms with van der Waals surface area (Å²) in [6, 6.07) is 19.3. The molecule has 0 spiro atoms. The monoisotopic (exact) mass is 522 g/mol. The van der Waals surface area contributed by atoms with Crippen LogP contribution in [0.5, 0.6) is 11.5 Å². The SMILES string of the molecule is COc1ccccc1CNC(=O)C(=O)N[C@@H](C)[C@@H](c1cccs1)N1CCN(c2ccccc2OC)CC1. The van der Waals surface area contributed by atoms with Gasteiger partial charge in [-0.25, -0.2) is 0 Å².